The monoisotopic (exact) mass is 402 g/mol. The summed E-state index contributed by atoms with van der Waals surface area (Å²) in [6.45, 7) is 1.80. The second-order valence-electron chi connectivity index (χ2n) is 6.95. The molecule has 0 aliphatic rings. The zero-order valence-corrected chi connectivity index (χ0v) is 16.8. The number of carbonyl (C=O) groups excluding carboxylic acids is 1. The van der Waals surface area contributed by atoms with E-state index in [1.807, 2.05) is 61.5 Å². The number of aromatic nitrogens is 3. The summed E-state index contributed by atoms with van der Waals surface area (Å²) in [6.07, 6.45) is 1.64. The zero-order valence-electron chi connectivity index (χ0n) is 16.8. The van der Waals surface area contributed by atoms with Crippen LogP contribution >= 0.6 is 0 Å². The van der Waals surface area contributed by atoms with E-state index >= 15 is 0 Å². The molecule has 0 saturated heterocycles. The lowest BCUT2D eigenvalue weighted by Gasteiger charge is -2.15. The highest BCUT2D eigenvalue weighted by Gasteiger charge is 2.18. The van der Waals surface area contributed by atoms with Crippen LogP contribution in [0.4, 0.5) is 0 Å². The normalized spacial score (nSPS) is 11.9. The number of carbonyl (C=O) groups is 1. The number of hydrogen-bond acceptors (Lipinski definition) is 4. The van der Waals surface area contributed by atoms with Crippen molar-refractivity contribution in [2.45, 2.75) is 19.5 Å². The van der Waals surface area contributed by atoms with Crippen molar-refractivity contribution >= 4 is 17.1 Å². The van der Waals surface area contributed by atoms with Gasteiger partial charge in [0, 0.05) is 6.20 Å². The summed E-state index contributed by atoms with van der Waals surface area (Å²) in [4.78, 5) is 30.2. The highest BCUT2D eigenvalue weighted by molar-refractivity contribution is 5.80. The molecule has 0 bridgehead atoms. The third kappa shape index (κ3) is 3.69. The number of fused-ring (bicyclic) bond motifs is 1. The highest BCUT2D eigenvalue weighted by Crippen LogP contribution is 2.18. The molecule has 1 amide bonds. The van der Waals surface area contributed by atoms with Crippen LogP contribution in [-0.4, -0.2) is 27.1 Å². The van der Waals surface area contributed by atoms with Crippen molar-refractivity contribution in [3.8, 4) is 11.4 Å². The van der Waals surface area contributed by atoms with E-state index in [-0.39, 0.29) is 24.2 Å². The van der Waals surface area contributed by atoms with Gasteiger partial charge in [-0.3, -0.25) is 9.36 Å². The number of ether oxygens (including phenoxy) is 1. The van der Waals surface area contributed by atoms with Crippen molar-refractivity contribution in [3.05, 3.63) is 89.0 Å². The number of para-hydroxylation sites is 1. The van der Waals surface area contributed by atoms with Gasteiger partial charge in [-0.25, -0.2) is 14.3 Å². The summed E-state index contributed by atoms with van der Waals surface area (Å²) < 4.78 is 8.14. The van der Waals surface area contributed by atoms with Crippen molar-refractivity contribution in [3.63, 3.8) is 0 Å². The number of nitrogens with zero attached hydrogens (tertiary/aromatic N) is 3. The summed E-state index contributed by atoms with van der Waals surface area (Å²) in [7, 11) is 1.61. The zero-order chi connectivity index (χ0) is 21.1. The molecule has 152 valence electrons. The van der Waals surface area contributed by atoms with Gasteiger partial charge in [0.2, 0.25) is 5.91 Å². The minimum Gasteiger partial charge on any atom is -0.497 e. The maximum atomic E-state index is 13.1. The van der Waals surface area contributed by atoms with Crippen molar-refractivity contribution < 1.29 is 9.53 Å². The molecule has 4 rings (SSSR count). The SMILES string of the molecule is COc1ccc(C(C)NC(=O)Cn2c(=O)n(-c3ccccc3)c3ncccc32)cc1. The number of pyridine rings is 1. The molecule has 7 nitrogen and oxygen atoms in total. The molecule has 0 aliphatic heterocycles. The summed E-state index contributed by atoms with van der Waals surface area (Å²) >= 11 is 0. The molecule has 0 spiro atoms. The van der Waals surface area contributed by atoms with Crippen LogP contribution < -0.4 is 15.7 Å². The van der Waals surface area contributed by atoms with Gasteiger partial charge in [0.1, 0.15) is 12.3 Å². The minimum absolute atomic E-state index is 0.0959. The number of nitrogens with one attached hydrogen (secondary N) is 1. The Labute approximate surface area is 173 Å². The van der Waals surface area contributed by atoms with Gasteiger partial charge in [0.15, 0.2) is 5.65 Å². The Kier molecular flexibility index (Phi) is 5.34. The summed E-state index contributed by atoms with van der Waals surface area (Å²) in [6, 6.07) is 20.1. The van der Waals surface area contributed by atoms with Crippen LogP contribution in [0.1, 0.15) is 18.5 Å². The van der Waals surface area contributed by atoms with Crippen molar-refractivity contribution in [1.29, 1.82) is 0 Å². The average molecular weight is 402 g/mol. The molecule has 1 atom stereocenters. The second-order valence-corrected chi connectivity index (χ2v) is 6.95. The Bertz CT molecular complexity index is 1230. The first kappa shape index (κ1) is 19.4. The first-order chi connectivity index (χ1) is 14.6. The first-order valence-corrected chi connectivity index (χ1v) is 9.63. The van der Waals surface area contributed by atoms with Crippen LogP contribution in [0.15, 0.2) is 77.7 Å². The van der Waals surface area contributed by atoms with E-state index in [9.17, 15) is 9.59 Å². The molecule has 1 N–H and O–H groups in total. The number of imidazole rings is 1. The molecule has 0 fully saturated rings. The van der Waals surface area contributed by atoms with Crippen molar-refractivity contribution in [2.24, 2.45) is 0 Å². The van der Waals surface area contributed by atoms with E-state index in [0.717, 1.165) is 11.3 Å². The lowest BCUT2D eigenvalue weighted by Crippen LogP contribution is -2.34. The van der Waals surface area contributed by atoms with E-state index < -0.39 is 0 Å². The maximum Gasteiger partial charge on any atom is 0.335 e. The summed E-state index contributed by atoms with van der Waals surface area (Å²) in [5.41, 5.74) is 2.48. The van der Waals surface area contributed by atoms with Crippen LogP contribution in [0.25, 0.3) is 16.9 Å². The minimum atomic E-state index is -0.304. The number of hydrogen-bond donors (Lipinski definition) is 1. The molecule has 0 radical (unpaired) electrons. The van der Waals surface area contributed by atoms with Gasteiger partial charge in [-0.2, -0.15) is 0 Å². The summed E-state index contributed by atoms with van der Waals surface area (Å²) in [5, 5.41) is 2.95. The van der Waals surface area contributed by atoms with Gasteiger partial charge >= 0.3 is 5.69 Å². The Balaban J connectivity index is 1.61. The lowest BCUT2D eigenvalue weighted by molar-refractivity contribution is -0.122. The molecule has 0 saturated carbocycles. The van der Waals surface area contributed by atoms with E-state index in [1.54, 1.807) is 25.4 Å². The largest absolute Gasteiger partial charge is 0.497 e. The van der Waals surface area contributed by atoms with E-state index in [4.69, 9.17) is 4.74 Å². The quantitative estimate of drug-likeness (QED) is 0.538. The molecule has 2 aromatic heterocycles. The van der Waals surface area contributed by atoms with Crippen LogP contribution in [0.2, 0.25) is 0 Å². The highest BCUT2D eigenvalue weighted by atomic mass is 16.5. The molecule has 0 aliphatic carbocycles. The van der Waals surface area contributed by atoms with E-state index in [0.29, 0.717) is 16.9 Å². The second kappa shape index (κ2) is 8.24. The lowest BCUT2D eigenvalue weighted by atomic mass is 10.1. The first-order valence-electron chi connectivity index (χ1n) is 9.63. The van der Waals surface area contributed by atoms with Crippen molar-refractivity contribution in [1.82, 2.24) is 19.4 Å². The fourth-order valence-electron chi connectivity index (χ4n) is 3.46. The molecular weight excluding hydrogens is 380 g/mol. The molecule has 2 aromatic carbocycles. The Morgan fingerprint density at radius 3 is 2.50 bits per heavy atom. The number of amides is 1. The predicted octanol–water partition coefficient (Wildman–Crippen LogP) is 3.07. The molecule has 30 heavy (non-hydrogen) atoms. The van der Waals surface area contributed by atoms with Gasteiger partial charge in [-0.15, -0.1) is 0 Å². The van der Waals surface area contributed by atoms with Crippen LogP contribution in [0, 0.1) is 0 Å². The van der Waals surface area contributed by atoms with Crippen LogP contribution in [-0.2, 0) is 11.3 Å². The standard InChI is InChI=1S/C23H22N4O3/c1-16(17-10-12-19(30-2)13-11-17)25-21(28)15-26-20-9-6-14-24-22(20)27(23(26)29)18-7-4-3-5-8-18/h3-14,16H,15H2,1-2H3,(H,25,28). The van der Waals surface area contributed by atoms with Gasteiger partial charge < -0.3 is 10.1 Å². The Hall–Kier alpha value is -3.87. The van der Waals surface area contributed by atoms with Crippen LogP contribution in [0.5, 0.6) is 5.75 Å². The number of benzene rings is 2. The number of methoxy groups -OCH3 is 1. The maximum absolute atomic E-state index is 13.1. The van der Waals surface area contributed by atoms with Gasteiger partial charge in [0.05, 0.1) is 24.4 Å². The summed E-state index contributed by atoms with van der Waals surface area (Å²) in [5.74, 6) is 0.501. The van der Waals surface area contributed by atoms with Gasteiger partial charge in [-0.1, -0.05) is 30.3 Å². The van der Waals surface area contributed by atoms with E-state index in [2.05, 4.69) is 10.3 Å². The third-order valence-corrected chi connectivity index (χ3v) is 5.00. The number of rotatable bonds is 6. The molecule has 1 unspecified atom stereocenters. The Morgan fingerprint density at radius 1 is 1.07 bits per heavy atom. The van der Waals surface area contributed by atoms with Crippen molar-refractivity contribution in [2.75, 3.05) is 7.11 Å². The fourth-order valence-corrected chi connectivity index (χ4v) is 3.46. The van der Waals surface area contributed by atoms with Gasteiger partial charge in [0.25, 0.3) is 0 Å². The molecule has 7 heteroatoms. The van der Waals surface area contributed by atoms with Gasteiger partial charge in [-0.05, 0) is 48.9 Å². The predicted molar refractivity (Wildman–Crippen MR) is 115 cm³/mol. The van der Waals surface area contributed by atoms with Crippen LogP contribution in [0.3, 0.4) is 0 Å². The molecule has 4 aromatic rings. The Morgan fingerprint density at radius 2 is 1.80 bits per heavy atom. The average Bonchev–Trinajstić information content (AvgIpc) is 3.05. The topological polar surface area (TPSA) is 78.1 Å². The molecular formula is C23H22N4O3. The molecule has 2 heterocycles. The van der Waals surface area contributed by atoms with E-state index in [1.165, 1.54) is 9.13 Å². The third-order valence-electron chi connectivity index (χ3n) is 5.00. The smallest absolute Gasteiger partial charge is 0.335 e. The fraction of sp³-hybridized carbons (Fsp3) is 0.174.